The second-order valence-electron chi connectivity index (χ2n) is 4.59. The summed E-state index contributed by atoms with van der Waals surface area (Å²) >= 11 is 0. The molecule has 1 aliphatic rings. The zero-order valence-corrected chi connectivity index (χ0v) is 9.89. The van der Waals surface area contributed by atoms with E-state index in [1.165, 1.54) is 6.33 Å². The van der Waals surface area contributed by atoms with E-state index < -0.39 is 5.97 Å². The maximum Gasteiger partial charge on any atom is 0.306 e. The van der Waals surface area contributed by atoms with Gasteiger partial charge in [-0.15, -0.1) is 0 Å². The SMILES string of the molecule is Cc1cc(NC2CCCC(C(=O)O)C2)ncn1. The van der Waals surface area contributed by atoms with Crippen LogP contribution >= 0.6 is 0 Å². The zero-order valence-electron chi connectivity index (χ0n) is 9.89. The molecule has 0 saturated heterocycles. The normalized spacial score (nSPS) is 24.3. The summed E-state index contributed by atoms with van der Waals surface area (Å²) in [5.41, 5.74) is 0.910. The van der Waals surface area contributed by atoms with Crippen molar-refractivity contribution in [2.24, 2.45) is 5.92 Å². The van der Waals surface area contributed by atoms with Crippen LogP contribution in [0.4, 0.5) is 5.82 Å². The average Bonchev–Trinajstić information content (AvgIpc) is 2.29. The molecule has 0 bridgehead atoms. The average molecular weight is 235 g/mol. The Labute approximate surface area is 100 Å². The molecule has 1 fully saturated rings. The van der Waals surface area contributed by atoms with E-state index in [0.717, 1.165) is 30.8 Å². The molecule has 2 rings (SSSR count). The van der Waals surface area contributed by atoms with Crippen molar-refractivity contribution < 1.29 is 9.90 Å². The predicted octanol–water partition coefficient (Wildman–Crippen LogP) is 1.84. The quantitative estimate of drug-likeness (QED) is 0.836. The third-order valence-electron chi connectivity index (χ3n) is 3.18. The van der Waals surface area contributed by atoms with Gasteiger partial charge in [-0.3, -0.25) is 4.79 Å². The minimum atomic E-state index is -0.685. The number of nitrogens with zero attached hydrogens (tertiary/aromatic N) is 2. The molecule has 92 valence electrons. The van der Waals surface area contributed by atoms with Gasteiger partial charge in [0.15, 0.2) is 0 Å². The Morgan fingerprint density at radius 1 is 1.47 bits per heavy atom. The summed E-state index contributed by atoms with van der Waals surface area (Å²) in [5, 5.41) is 12.3. The van der Waals surface area contributed by atoms with E-state index >= 15 is 0 Å². The lowest BCUT2D eigenvalue weighted by Crippen LogP contribution is -2.31. The first-order valence-corrected chi connectivity index (χ1v) is 5.93. The number of carboxylic acid groups (broad SMARTS) is 1. The number of carboxylic acids is 1. The summed E-state index contributed by atoms with van der Waals surface area (Å²) in [6.07, 6.45) is 4.95. The molecule has 0 aliphatic heterocycles. The van der Waals surface area contributed by atoms with Gasteiger partial charge in [-0.2, -0.15) is 0 Å². The van der Waals surface area contributed by atoms with Gasteiger partial charge in [0, 0.05) is 17.8 Å². The minimum absolute atomic E-state index is 0.208. The van der Waals surface area contributed by atoms with Crippen molar-refractivity contribution in [2.45, 2.75) is 38.6 Å². The molecule has 1 aliphatic carbocycles. The van der Waals surface area contributed by atoms with Crippen molar-refractivity contribution in [3.05, 3.63) is 18.1 Å². The van der Waals surface area contributed by atoms with Crippen LogP contribution in [0.25, 0.3) is 0 Å². The number of hydrogen-bond acceptors (Lipinski definition) is 4. The molecule has 2 unspecified atom stereocenters. The zero-order chi connectivity index (χ0) is 12.3. The fourth-order valence-electron chi connectivity index (χ4n) is 2.29. The summed E-state index contributed by atoms with van der Waals surface area (Å²) < 4.78 is 0. The van der Waals surface area contributed by atoms with Gasteiger partial charge >= 0.3 is 5.97 Å². The van der Waals surface area contributed by atoms with E-state index in [1.54, 1.807) is 0 Å². The Bertz CT molecular complexity index is 408. The van der Waals surface area contributed by atoms with Crippen LogP contribution in [0.15, 0.2) is 12.4 Å². The Morgan fingerprint density at radius 2 is 2.29 bits per heavy atom. The third-order valence-corrected chi connectivity index (χ3v) is 3.18. The number of aryl methyl sites for hydroxylation is 1. The Balaban J connectivity index is 1.97. The number of aliphatic carboxylic acids is 1. The first-order valence-electron chi connectivity index (χ1n) is 5.93. The molecule has 0 radical (unpaired) electrons. The summed E-state index contributed by atoms with van der Waals surface area (Å²) in [6, 6.07) is 2.09. The monoisotopic (exact) mass is 235 g/mol. The van der Waals surface area contributed by atoms with Gasteiger partial charge in [0.05, 0.1) is 5.92 Å². The van der Waals surface area contributed by atoms with E-state index in [2.05, 4.69) is 15.3 Å². The van der Waals surface area contributed by atoms with Crippen molar-refractivity contribution in [2.75, 3.05) is 5.32 Å². The first-order chi connectivity index (χ1) is 8.15. The topological polar surface area (TPSA) is 75.1 Å². The number of aromatic nitrogens is 2. The maximum absolute atomic E-state index is 11.0. The fraction of sp³-hybridized carbons (Fsp3) is 0.583. The van der Waals surface area contributed by atoms with E-state index in [-0.39, 0.29) is 12.0 Å². The standard InChI is InChI=1S/C12H17N3O2/c1-8-5-11(14-7-13-8)15-10-4-2-3-9(6-10)12(16)17/h5,7,9-10H,2-4,6H2,1H3,(H,16,17)(H,13,14,15). The highest BCUT2D eigenvalue weighted by molar-refractivity contribution is 5.70. The van der Waals surface area contributed by atoms with E-state index in [1.807, 2.05) is 13.0 Å². The number of nitrogens with one attached hydrogen (secondary N) is 1. The van der Waals surface area contributed by atoms with Gasteiger partial charge < -0.3 is 10.4 Å². The summed E-state index contributed by atoms with van der Waals surface area (Å²) in [5.74, 6) is -0.118. The van der Waals surface area contributed by atoms with Gasteiger partial charge in [0.1, 0.15) is 12.1 Å². The highest BCUT2D eigenvalue weighted by Gasteiger charge is 2.26. The second kappa shape index (κ2) is 5.12. The summed E-state index contributed by atoms with van der Waals surface area (Å²) in [6.45, 7) is 1.91. The van der Waals surface area contributed by atoms with E-state index in [0.29, 0.717) is 6.42 Å². The van der Waals surface area contributed by atoms with E-state index in [4.69, 9.17) is 5.11 Å². The van der Waals surface area contributed by atoms with Gasteiger partial charge in [-0.1, -0.05) is 6.42 Å². The number of carbonyl (C=O) groups is 1. The molecule has 2 atom stereocenters. The lowest BCUT2D eigenvalue weighted by molar-refractivity contribution is -0.142. The van der Waals surface area contributed by atoms with Crippen molar-refractivity contribution in [3.63, 3.8) is 0 Å². The second-order valence-corrected chi connectivity index (χ2v) is 4.59. The van der Waals surface area contributed by atoms with Crippen LogP contribution in [0.1, 0.15) is 31.4 Å². The van der Waals surface area contributed by atoms with Crippen molar-refractivity contribution >= 4 is 11.8 Å². The number of hydrogen-bond donors (Lipinski definition) is 2. The lowest BCUT2D eigenvalue weighted by Gasteiger charge is -2.27. The third kappa shape index (κ3) is 3.15. The highest BCUT2D eigenvalue weighted by atomic mass is 16.4. The number of anilines is 1. The smallest absolute Gasteiger partial charge is 0.306 e. The van der Waals surface area contributed by atoms with Crippen LogP contribution < -0.4 is 5.32 Å². The summed E-state index contributed by atoms with van der Waals surface area (Å²) in [4.78, 5) is 19.1. The molecular formula is C12H17N3O2. The molecular weight excluding hydrogens is 218 g/mol. The maximum atomic E-state index is 11.0. The van der Waals surface area contributed by atoms with Gasteiger partial charge in [-0.25, -0.2) is 9.97 Å². The van der Waals surface area contributed by atoms with Crippen LogP contribution in [-0.2, 0) is 4.79 Å². The molecule has 1 saturated carbocycles. The van der Waals surface area contributed by atoms with Gasteiger partial charge in [0.2, 0.25) is 0 Å². The lowest BCUT2D eigenvalue weighted by atomic mass is 9.86. The van der Waals surface area contributed by atoms with Crippen LogP contribution in [0.5, 0.6) is 0 Å². The number of rotatable bonds is 3. The van der Waals surface area contributed by atoms with Crippen LogP contribution in [0, 0.1) is 12.8 Å². The van der Waals surface area contributed by atoms with Crippen molar-refractivity contribution in [3.8, 4) is 0 Å². The Kier molecular flexibility index (Phi) is 3.56. The Hall–Kier alpha value is -1.65. The van der Waals surface area contributed by atoms with Crippen molar-refractivity contribution in [1.29, 1.82) is 0 Å². The van der Waals surface area contributed by atoms with Crippen LogP contribution in [0.2, 0.25) is 0 Å². The molecule has 0 aromatic carbocycles. The van der Waals surface area contributed by atoms with Gasteiger partial charge in [0.25, 0.3) is 0 Å². The largest absolute Gasteiger partial charge is 0.481 e. The predicted molar refractivity (Wildman–Crippen MR) is 63.8 cm³/mol. The van der Waals surface area contributed by atoms with Gasteiger partial charge in [-0.05, 0) is 26.2 Å². The van der Waals surface area contributed by atoms with Crippen LogP contribution in [-0.4, -0.2) is 27.1 Å². The minimum Gasteiger partial charge on any atom is -0.481 e. The van der Waals surface area contributed by atoms with Crippen molar-refractivity contribution in [1.82, 2.24) is 9.97 Å². The molecule has 17 heavy (non-hydrogen) atoms. The molecule has 5 nitrogen and oxygen atoms in total. The fourth-order valence-corrected chi connectivity index (χ4v) is 2.29. The molecule has 1 aromatic heterocycles. The van der Waals surface area contributed by atoms with E-state index in [9.17, 15) is 4.79 Å². The molecule has 0 spiro atoms. The summed E-state index contributed by atoms with van der Waals surface area (Å²) in [7, 11) is 0. The molecule has 5 heteroatoms. The molecule has 0 amide bonds. The molecule has 1 heterocycles. The molecule has 2 N–H and O–H groups in total. The molecule has 1 aromatic rings. The Morgan fingerprint density at radius 3 is 3.00 bits per heavy atom. The highest BCUT2D eigenvalue weighted by Crippen LogP contribution is 2.26. The first kappa shape index (κ1) is 11.8. The van der Waals surface area contributed by atoms with Crippen LogP contribution in [0.3, 0.4) is 0 Å².